The molecule has 2 atom stereocenters. The zero-order chi connectivity index (χ0) is 20.3. The molecular weight excluding hydrogens is 360 g/mol. The monoisotopic (exact) mass is 388 g/mol. The van der Waals surface area contributed by atoms with Crippen LogP contribution >= 0.6 is 0 Å². The summed E-state index contributed by atoms with van der Waals surface area (Å²) in [6.07, 6.45) is 7.56. The number of likely N-dealkylation sites (tertiary alicyclic amines) is 1. The Balaban J connectivity index is 1.71. The molecule has 3 rings (SSSR count). The molecule has 4 N–H and O–H groups in total. The number of anilines is 1. The third-order valence-corrected chi connectivity index (χ3v) is 5.89. The zero-order valence-electron chi connectivity index (χ0n) is 16.1. The van der Waals surface area contributed by atoms with E-state index in [4.69, 9.17) is 5.73 Å². The van der Waals surface area contributed by atoms with Crippen molar-refractivity contribution in [3.05, 3.63) is 24.0 Å². The predicted octanol–water partition coefficient (Wildman–Crippen LogP) is 1.30. The molecule has 1 aromatic rings. The average Bonchev–Trinajstić information content (AvgIpc) is 2.68. The molecule has 0 unspecified atom stereocenters. The number of hydrogen-bond acceptors (Lipinski definition) is 5. The second-order valence-corrected chi connectivity index (χ2v) is 8.06. The first kappa shape index (κ1) is 20.3. The Morgan fingerprint density at radius 3 is 2.54 bits per heavy atom. The van der Waals surface area contributed by atoms with Crippen LogP contribution in [-0.2, 0) is 9.59 Å². The van der Waals surface area contributed by atoms with Crippen molar-refractivity contribution >= 4 is 23.4 Å². The van der Waals surface area contributed by atoms with E-state index >= 15 is 0 Å². The summed E-state index contributed by atoms with van der Waals surface area (Å²) in [7, 11) is 0. The minimum atomic E-state index is -0.738. The van der Waals surface area contributed by atoms with E-state index in [1.165, 1.54) is 18.5 Å². The maximum atomic E-state index is 12.9. The van der Waals surface area contributed by atoms with Crippen LogP contribution in [0.25, 0.3) is 0 Å². The lowest BCUT2D eigenvalue weighted by Crippen LogP contribution is -2.53. The number of primary amides is 1. The summed E-state index contributed by atoms with van der Waals surface area (Å²) >= 11 is 0. The van der Waals surface area contributed by atoms with Crippen molar-refractivity contribution in [2.75, 3.05) is 11.9 Å². The molecule has 28 heavy (non-hydrogen) atoms. The predicted molar refractivity (Wildman–Crippen MR) is 103 cm³/mol. The number of piperidine rings is 1. The van der Waals surface area contributed by atoms with Gasteiger partial charge in [0, 0.05) is 18.8 Å². The van der Waals surface area contributed by atoms with Gasteiger partial charge in [-0.2, -0.15) is 0 Å². The molecular formula is C20H28N4O4. The normalized spacial score (nSPS) is 27.9. The van der Waals surface area contributed by atoms with Gasteiger partial charge in [-0.3, -0.25) is 19.4 Å². The summed E-state index contributed by atoms with van der Waals surface area (Å²) in [5.41, 5.74) is 5.65. The third-order valence-electron chi connectivity index (χ3n) is 5.89. The van der Waals surface area contributed by atoms with Gasteiger partial charge in [0.25, 0.3) is 0 Å². The van der Waals surface area contributed by atoms with Crippen LogP contribution in [0.2, 0.25) is 0 Å². The summed E-state index contributed by atoms with van der Waals surface area (Å²) in [4.78, 5) is 42.4. The van der Waals surface area contributed by atoms with E-state index in [1.807, 2.05) is 0 Å². The largest absolute Gasteiger partial charge is 0.393 e. The van der Waals surface area contributed by atoms with Gasteiger partial charge >= 0.3 is 11.8 Å². The van der Waals surface area contributed by atoms with Gasteiger partial charge in [0.2, 0.25) is 5.91 Å². The van der Waals surface area contributed by atoms with Crippen LogP contribution in [0.15, 0.2) is 18.5 Å². The zero-order valence-corrected chi connectivity index (χ0v) is 16.1. The number of pyridine rings is 1. The number of aromatic nitrogens is 1. The highest BCUT2D eigenvalue weighted by Gasteiger charge is 2.38. The van der Waals surface area contributed by atoms with Gasteiger partial charge in [-0.1, -0.05) is 6.92 Å². The van der Waals surface area contributed by atoms with Gasteiger partial charge in [-0.15, -0.1) is 0 Å². The van der Waals surface area contributed by atoms with Gasteiger partial charge < -0.3 is 21.1 Å². The number of nitrogens with one attached hydrogen (secondary N) is 1. The second-order valence-electron chi connectivity index (χ2n) is 8.06. The third kappa shape index (κ3) is 4.67. The molecule has 2 aliphatic rings. The highest BCUT2D eigenvalue weighted by Crippen LogP contribution is 2.35. The van der Waals surface area contributed by atoms with Gasteiger partial charge in [-0.05, 0) is 56.4 Å². The number of carbonyl (C=O) groups excluding carboxylic acids is 3. The van der Waals surface area contributed by atoms with Gasteiger partial charge in [0.1, 0.15) is 0 Å². The fraction of sp³-hybridized carbons (Fsp3) is 0.600. The molecule has 1 saturated heterocycles. The van der Waals surface area contributed by atoms with Gasteiger partial charge in [-0.25, -0.2) is 0 Å². The lowest BCUT2D eigenvalue weighted by atomic mass is 9.77. The summed E-state index contributed by atoms with van der Waals surface area (Å²) in [5, 5.41) is 12.3. The molecule has 8 nitrogen and oxygen atoms in total. The molecule has 2 fully saturated rings. The molecule has 0 aromatic carbocycles. The van der Waals surface area contributed by atoms with E-state index in [1.54, 1.807) is 4.90 Å². The van der Waals surface area contributed by atoms with Crippen molar-refractivity contribution in [3.63, 3.8) is 0 Å². The lowest BCUT2D eigenvalue weighted by Gasteiger charge is -2.44. The number of hydrogen-bond donors (Lipinski definition) is 3. The number of rotatable bonds is 3. The Kier molecular flexibility index (Phi) is 6.28. The Bertz CT molecular complexity index is 745. The number of aliphatic hydroxyl groups is 1. The maximum Gasteiger partial charge on any atom is 0.313 e. The number of amides is 3. The van der Waals surface area contributed by atoms with Crippen molar-refractivity contribution < 1.29 is 19.5 Å². The van der Waals surface area contributed by atoms with E-state index in [0.717, 1.165) is 38.5 Å². The fourth-order valence-electron chi connectivity index (χ4n) is 4.34. The Hall–Kier alpha value is -2.48. The van der Waals surface area contributed by atoms with Crippen molar-refractivity contribution in [1.82, 2.24) is 9.88 Å². The molecule has 0 radical (unpaired) electrons. The molecule has 2 heterocycles. The molecule has 1 aliphatic carbocycles. The fourth-order valence-corrected chi connectivity index (χ4v) is 4.34. The highest BCUT2D eigenvalue weighted by atomic mass is 16.3. The average molecular weight is 388 g/mol. The molecule has 1 saturated carbocycles. The number of nitrogens with two attached hydrogens (primary N) is 1. The van der Waals surface area contributed by atoms with E-state index in [-0.39, 0.29) is 23.4 Å². The number of carbonyl (C=O) groups is 3. The highest BCUT2D eigenvalue weighted by molar-refractivity contribution is 6.39. The van der Waals surface area contributed by atoms with Crippen molar-refractivity contribution in [3.8, 4) is 0 Å². The van der Waals surface area contributed by atoms with Crippen LogP contribution in [0.3, 0.4) is 0 Å². The van der Waals surface area contributed by atoms with Crippen LogP contribution in [0.4, 0.5) is 5.69 Å². The second kappa shape index (κ2) is 8.68. The molecule has 3 amide bonds. The summed E-state index contributed by atoms with van der Waals surface area (Å²) in [6, 6.07) is 1.43. The first-order chi connectivity index (χ1) is 13.3. The van der Waals surface area contributed by atoms with Gasteiger partial charge in [0.05, 0.1) is 23.6 Å². The molecule has 0 spiro atoms. The first-order valence-corrected chi connectivity index (χ1v) is 9.90. The van der Waals surface area contributed by atoms with E-state index in [2.05, 4.69) is 17.2 Å². The number of aliphatic hydroxyl groups excluding tert-OH is 1. The van der Waals surface area contributed by atoms with Crippen LogP contribution in [-0.4, -0.2) is 51.4 Å². The minimum Gasteiger partial charge on any atom is -0.393 e. The molecule has 152 valence electrons. The van der Waals surface area contributed by atoms with Crippen molar-refractivity contribution in [1.29, 1.82) is 0 Å². The van der Waals surface area contributed by atoms with Crippen LogP contribution in [0.5, 0.6) is 0 Å². The number of nitrogens with zero attached hydrogens (tertiary/aromatic N) is 2. The maximum absolute atomic E-state index is 12.9. The van der Waals surface area contributed by atoms with Crippen LogP contribution in [0, 0.1) is 11.8 Å². The van der Waals surface area contributed by atoms with E-state index < -0.39 is 17.7 Å². The van der Waals surface area contributed by atoms with Crippen LogP contribution < -0.4 is 11.1 Å². The molecule has 8 heteroatoms. The summed E-state index contributed by atoms with van der Waals surface area (Å²) < 4.78 is 0. The van der Waals surface area contributed by atoms with Gasteiger partial charge in [0.15, 0.2) is 0 Å². The molecule has 1 aromatic heterocycles. The van der Waals surface area contributed by atoms with Crippen molar-refractivity contribution in [2.45, 2.75) is 57.6 Å². The topological polar surface area (TPSA) is 126 Å². The minimum absolute atomic E-state index is 0.0250. The molecule has 0 bridgehead atoms. The summed E-state index contributed by atoms with van der Waals surface area (Å²) in [5.74, 6) is -1.31. The van der Waals surface area contributed by atoms with Crippen LogP contribution in [0.1, 0.15) is 55.8 Å². The Morgan fingerprint density at radius 1 is 1.14 bits per heavy atom. The lowest BCUT2D eigenvalue weighted by molar-refractivity contribution is -0.148. The summed E-state index contributed by atoms with van der Waals surface area (Å²) in [6.45, 7) is 2.63. The van der Waals surface area contributed by atoms with Crippen molar-refractivity contribution in [2.24, 2.45) is 17.6 Å². The van der Waals surface area contributed by atoms with E-state index in [0.29, 0.717) is 18.4 Å². The quantitative estimate of drug-likeness (QED) is 0.673. The SMILES string of the molecule is C[C@H]1CC[C@H]([C@H]2CC[C@@H](O)CC2)N(C(=O)C(=O)Nc2cncc(C(N)=O)c2)C1. The Labute approximate surface area is 164 Å². The first-order valence-electron chi connectivity index (χ1n) is 9.90. The smallest absolute Gasteiger partial charge is 0.313 e. The standard InChI is InChI=1S/C20H28N4O4/c1-12-2-7-17(13-3-5-16(25)6-4-13)24(11-12)20(28)19(27)23-15-8-14(18(21)26)9-22-10-15/h8-10,12-13,16-17,25H,2-7,11H2,1H3,(H2,21,26)(H,23,27)/t12-,13-,16+,17+/m0/s1. The Morgan fingerprint density at radius 2 is 1.86 bits per heavy atom. The van der Waals surface area contributed by atoms with E-state index in [9.17, 15) is 19.5 Å². The molecule has 1 aliphatic heterocycles.